The molecule has 1 aromatic carbocycles. The van der Waals surface area contributed by atoms with Crippen molar-refractivity contribution in [2.45, 2.75) is 12.5 Å². The van der Waals surface area contributed by atoms with Crippen molar-refractivity contribution < 1.29 is 0 Å². The Morgan fingerprint density at radius 1 is 1.40 bits per heavy atom. The van der Waals surface area contributed by atoms with E-state index in [1.165, 1.54) is 19.2 Å². The maximum Gasteiger partial charge on any atom is 0.208 e. The highest BCUT2D eigenvalue weighted by Gasteiger charge is 2.40. The molecule has 7 heteroatoms. The van der Waals surface area contributed by atoms with Crippen molar-refractivity contribution in [1.29, 1.82) is 5.41 Å². The van der Waals surface area contributed by atoms with Crippen LogP contribution in [-0.2, 0) is 0 Å². The molecular weight excluding hydrogens is 354 g/mol. The molecule has 3 heterocycles. The van der Waals surface area contributed by atoms with E-state index in [0.29, 0.717) is 16.6 Å². The summed E-state index contributed by atoms with van der Waals surface area (Å²) in [7, 11) is 2.21. The van der Waals surface area contributed by atoms with Crippen LogP contribution < -0.4 is 4.90 Å². The van der Waals surface area contributed by atoms with Gasteiger partial charge in [-0.25, -0.2) is 0 Å². The first-order chi connectivity index (χ1) is 12.1. The van der Waals surface area contributed by atoms with E-state index < -0.39 is 0 Å². The van der Waals surface area contributed by atoms with Crippen LogP contribution in [-0.4, -0.2) is 54.0 Å². The summed E-state index contributed by atoms with van der Waals surface area (Å²) in [5, 5.41) is 18.5. The monoisotopic (exact) mass is 373 g/mol. The number of allylic oxidation sites excluding steroid dienone is 1. The smallest absolute Gasteiger partial charge is 0.208 e. The van der Waals surface area contributed by atoms with Crippen LogP contribution in [0, 0.1) is 11.3 Å². The maximum absolute atomic E-state index is 7.30. The zero-order valence-electron chi connectivity index (χ0n) is 14.1. The molecule has 0 amide bonds. The van der Waals surface area contributed by atoms with Crippen LogP contribution in [0.5, 0.6) is 0 Å². The number of nitrogens with zero attached hydrogens (tertiary/aromatic N) is 4. The van der Waals surface area contributed by atoms with Gasteiger partial charge in [-0.15, -0.1) is 10.2 Å². The number of aromatic nitrogens is 2. The van der Waals surface area contributed by atoms with Gasteiger partial charge in [-0.05, 0) is 49.2 Å². The van der Waals surface area contributed by atoms with Gasteiger partial charge in [-0.1, -0.05) is 35.6 Å². The van der Waals surface area contributed by atoms with Gasteiger partial charge in [-0.2, -0.15) is 0 Å². The highest BCUT2D eigenvalue weighted by Crippen LogP contribution is 2.38. The third-order valence-electron chi connectivity index (χ3n) is 5.25. The molecule has 0 aliphatic carbocycles. The van der Waals surface area contributed by atoms with Gasteiger partial charge in [0, 0.05) is 30.9 Å². The lowest BCUT2D eigenvalue weighted by atomic mass is 10.1. The number of likely N-dealkylation sites (N-methyl/N-ethyl adjacent to an activating group) is 1. The van der Waals surface area contributed by atoms with Crippen LogP contribution in [0.1, 0.15) is 12.0 Å². The number of hydrogen-bond acceptors (Lipinski definition) is 6. The van der Waals surface area contributed by atoms with Crippen LogP contribution in [0.25, 0.3) is 16.1 Å². The van der Waals surface area contributed by atoms with Crippen LogP contribution in [0.3, 0.4) is 0 Å². The van der Waals surface area contributed by atoms with Crippen molar-refractivity contribution in [2.75, 3.05) is 31.6 Å². The predicted octanol–water partition coefficient (Wildman–Crippen LogP) is 3.66. The SMILES string of the molecule is C=C(C=N)c1ccc(-c2nnc(N3C[C@H]4CCN(C)[C@H]4C3)s2)c(Cl)c1. The van der Waals surface area contributed by atoms with E-state index in [0.717, 1.165) is 40.3 Å². The highest BCUT2D eigenvalue weighted by molar-refractivity contribution is 7.18. The Labute approximate surface area is 156 Å². The molecule has 1 N–H and O–H groups in total. The molecule has 0 saturated carbocycles. The Balaban J connectivity index is 1.56. The zero-order valence-corrected chi connectivity index (χ0v) is 15.6. The summed E-state index contributed by atoms with van der Waals surface area (Å²) in [6.07, 6.45) is 2.50. The molecule has 4 rings (SSSR count). The van der Waals surface area contributed by atoms with Crippen LogP contribution in [0.4, 0.5) is 5.13 Å². The number of benzene rings is 1. The molecule has 1 aromatic heterocycles. The molecular formula is C18H20ClN5S. The van der Waals surface area contributed by atoms with Crippen LogP contribution in [0.2, 0.25) is 5.02 Å². The second-order valence-corrected chi connectivity index (χ2v) is 8.12. The summed E-state index contributed by atoms with van der Waals surface area (Å²) in [5.74, 6) is 0.743. The molecule has 2 saturated heterocycles. The summed E-state index contributed by atoms with van der Waals surface area (Å²) in [5.41, 5.74) is 2.37. The summed E-state index contributed by atoms with van der Waals surface area (Å²) in [6.45, 7) is 7.14. The van der Waals surface area contributed by atoms with Gasteiger partial charge in [0.2, 0.25) is 5.13 Å². The minimum atomic E-state index is 0.612. The summed E-state index contributed by atoms with van der Waals surface area (Å²) >= 11 is 8.02. The van der Waals surface area contributed by atoms with Gasteiger partial charge in [0.1, 0.15) is 0 Å². The zero-order chi connectivity index (χ0) is 17.6. The van der Waals surface area contributed by atoms with Gasteiger partial charge in [0.25, 0.3) is 0 Å². The second-order valence-electron chi connectivity index (χ2n) is 6.76. The minimum Gasteiger partial charge on any atom is -0.345 e. The van der Waals surface area contributed by atoms with E-state index in [2.05, 4.69) is 33.6 Å². The fraction of sp³-hybridized carbons (Fsp3) is 0.389. The van der Waals surface area contributed by atoms with Crippen LogP contribution >= 0.6 is 22.9 Å². The van der Waals surface area contributed by atoms with Gasteiger partial charge >= 0.3 is 0 Å². The molecule has 2 atom stereocenters. The van der Waals surface area contributed by atoms with E-state index in [1.54, 1.807) is 11.3 Å². The van der Waals surface area contributed by atoms with E-state index in [9.17, 15) is 0 Å². The summed E-state index contributed by atoms with van der Waals surface area (Å²) in [6, 6.07) is 6.33. The molecule has 0 unspecified atom stereocenters. The normalized spacial score (nSPS) is 23.0. The molecule has 2 fully saturated rings. The Morgan fingerprint density at radius 3 is 2.96 bits per heavy atom. The first-order valence-corrected chi connectivity index (χ1v) is 9.54. The number of halogens is 1. The molecule has 2 aliphatic heterocycles. The first kappa shape index (κ1) is 16.7. The second kappa shape index (κ2) is 6.52. The summed E-state index contributed by atoms with van der Waals surface area (Å²) < 4.78 is 0. The van der Waals surface area contributed by atoms with Crippen molar-refractivity contribution in [2.24, 2.45) is 5.92 Å². The molecule has 0 bridgehead atoms. The Kier molecular flexibility index (Phi) is 4.35. The minimum absolute atomic E-state index is 0.612. The van der Waals surface area contributed by atoms with Crippen molar-refractivity contribution in [3.8, 4) is 10.6 Å². The van der Waals surface area contributed by atoms with Crippen molar-refractivity contribution in [3.63, 3.8) is 0 Å². The lowest BCUT2D eigenvalue weighted by Crippen LogP contribution is -2.32. The average molecular weight is 374 g/mol. The summed E-state index contributed by atoms with van der Waals surface area (Å²) in [4.78, 5) is 4.81. The van der Waals surface area contributed by atoms with Crippen molar-refractivity contribution in [1.82, 2.24) is 15.1 Å². The lowest BCUT2D eigenvalue weighted by molar-refractivity contribution is 0.310. The molecule has 2 aromatic rings. The largest absolute Gasteiger partial charge is 0.345 e. The van der Waals surface area contributed by atoms with E-state index in [-0.39, 0.29) is 0 Å². The number of rotatable bonds is 4. The first-order valence-electron chi connectivity index (χ1n) is 8.35. The highest BCUT2D eigenvalue weighted by atomic mass is 35.5. The number of nitrogens with one attached hydrogen (secondary N) is 1. The average Bonchev–Trinajstić information content (AvgIpc) is 3.31. The maximum atomic E-state index is 7.30. The fourth-order valence-electron chi connectivity index (χ4n) is 3.75. The van der Waals surface area contributed by atoms with Crippen molar-refractivity contribution >= 4 is 39.9 Å². The van der Waals surface area contributed by atoms with Gasteiger partial charge in [0.15, 0.2) is 5.01 Å². The van der Waals surface area contributed by atoms with Gasteiger partial charge in [0.05, 0.1) is 5.02 Å². The number of likely N-dealkylation sites (tertiary alicyclic amines) is 1. The van der Waals surface area contributed by atoms with Gasteiger partial charge in [-0.3, -0.25) is 0 Å². The van der Waals surface area contributed by atoms with E-state index in [4.69, 9.17) is 17.0 Å². The van der Waals surface area contributed by atoms with Crippen molar-refractivity contribution in [3.05, 3.63) is 35.4 Å². The molecule has 25 heavy (non-hydrogen) atoms. The fourth-order valence-corrected chi connectivity index (χ4v) is 4.98. The molecule has 2 aliphatic rings. The Bertz CT molecular complexity index is 833. The molecule has 5 nitrogen and oxygen atoms in total. The van der Waals surface area contributed by atoms with Gasteiger partial charge < -0.3 is 15.2 Å². The quantitative estimate of drug-likeness (QED) is 0.831. The van der Waals surface area contributed by atoms with Crippen LogP contribution in [0.15, 0.2) is 24.8 Å². The standard InChI is InChI=1S/C18H20ClN5S/c1-11(8-20)12-3-4-14(15(19)7-12)17-21-22-18(25-17)24-9-13-5-6-23(2)16(13)10-24/h3-4,7-8,13,16,20H,1,5-6,9-10H2,2H3/t13-,16+/m1/s1. The lowest BCUT2D eigenvalue weighted by Gasteiger charge is -2.19. The third-order valence-corrected chi connectivity index (χ3v) is 6.58. The topological polar surface area (TPSA) is 56.1 Å². The molecule has 130 valence electrons. The molecule has 0 radical (unpaired) electrons. The Morgan fingerprint density at radius 2 is 2.24 bits per heavy atom. The number of hydrogen-bond donors (Lipinski definition) is 1. The Hall–Kier alpha value is -1.76. The number of fused-ring (bicyclic) bond motifs is 1. The predicted molar refractivity (Wildman–Crippen MR) is 105 cm³/mol. The molecule has 0 spiro atoms. The third kappa shape index (κ3) is 2.99. The van der Waals surface area contributed by atoms with E-state index in [1.807, 2.05) is 18.2 Å². The van der Waals surface area contributed by atoms with E-state index >= 15 is 0 Å². The number of anilines is 1.